The summed E-state index contributed by atoms with van der Waals surface area (Å²) in [5.74, 6) is 0.614. The number of anilines is 1. The van der Waals surface area contributed by atoms with Crippen LogP contribution in [0, 0.1) is 0 Å². The quantitative estimate of drug-likeness (QED) is 0.607. The molecule has 0 saturated heterocycles. The summed E-state index contributed by atoms with van der Waals surface area (Å²) in [6, 6.07) is 1.77. The van der Waals surface area contributed by atoms with Gasteiger partial charge in [0.2, 0.25) is 0 Å². The van der Waals surface area contributed by atoms with Crippen molar-refractivity contribution in [2.75, 3.05) is 17.7 Å². The predicted octanol–water partition coefficient (Wildman–Crippen LogP) is 2.27. The van der Waals surface area contributed by atoms with Crippen molar-refractivity contribution in [1.29, 1.82) is 0 Å². The summed E-state index contributed by atoms with van der Waals surface area (Å²) in [6.45, 7) is 0.613. The normalized spacial score (nSPS) is 10.2. The maximum Gasteiger partial charge on any atom is 0.0876 e. The summed E-state index contributed by atoms with van der Waals surface area (Å²) in [4.78, 5) is 3.94. The van der Waals surface area contributed by atoms with E-state index in [-0.39, 0.29) is 6.61 Å². The minimum Gasteiger partial charge on any atom is -0.390 e. The average Bonchev–Trinajstić information content (AvgIpc) is 2.21. The molecule has 0 unspecified atom stereocenters. The van der Waals surface area contributed by atoms with Gasteiger partial charge in [-0.05, 0) is 12.5 Å². The third-order valence-electron chi connectivity index (χ3n) is 1.74. The minimum atomic E-state index is -0.149. The summed E-state index contributed by atoms with van der Waals surface area (Å²) in [7, 11) is 0. The second-order valence-electron chi connectivity index (χ2n) is 2.75. The molecule has 0 aliphatic rings. The van der Waals surface area contributed by atoms with Crippen molar-refractivity contribution in [3.8, 4) is 0 Å². The van der Waals surface area contributed by atoms with Crippen LogP contribution < -0.4 is 5.32 Å². The number of rotatable bonds is 5. The topological polar surface area (TPSA) is 45.2 Å². The highest BCUT2D eigenvalue weighted by molar-refractivity contribution is 6.33. The predicted molar refractivity (Wildman–Crippen MR) is 59.0 cm³/mol. The first-order valence-electron chi connectivity index (χ1n) is 4.33. The molecule has 0 aliphatic heterocycles. The number of halogens is 2. The van der Waals surface area contributed by atoms with Gasteiger partial charge in [0, 0.05) is 18.6 Å². The van der Waals surface area contributed by atoms with Gasteiger partial charge in [-0.15, -0.1) is 11.6 Å². The van der Waals surface area contributed by atoms with Crippen LogP contribution >= 0.6 is 23.2 Å². The fraction of sp³-hybridized carbons (Fsp3) is 0.444. The molecule has 0 atom stereocenters. The van der Waals surface area contributed by atoms with Gasteiger partial charge in [-0.1, -0.05) is 11.6 Å². The summed E-state index contributed by atoms with van der Waals surface area (Å²) >= 11 is 11.5. The molecular weight excluding hydrogens is 223 g/mol. The van der Waals surface area contributed by atoms with Gasteiger partial charge in [0.05, 0.1) is 23.0 Å². The Morgan fingerprint density at radius 2 is 2.29 bits per heavy atom. The number of aliphatic hydroxyl groups excluding tert-OH is 1. The van der Waals surface area contributed by atoms with Gasteiger partial charge in [0.25, 0.3) is 0 Å². The van der Waals surface area contributed by atoms with Gasteiger partial charge in [0.1, 0.15) is 0 Å². The number of aromatic nitrogens is 1. The molecule has 5 heteroatoms. The molecule has 78 valence electrons. The molecule has 0 radical (unpaired) electrons. The molecule has 0 aliphatic carbocycles. The van der Waals surface area contributed by atoms with E-state index in [9.17, 15) is 0 Å². The average molecular weight is 235 g/mol. The lowest BCUT2D eigenvalue weighted by atomic mass is 10.3. The van der Waals surface area contributed by atoms with E-state index in [0.717, 1.165) is 18.7 Å². The lowest BCUT2D eigenvalue weighted by molar-refractivity contribution is 0.277. The van der Waals surface area contributed by atoms with Crippen LogP contribution in [0.1, 0.15) is 12.1 Å². The molecule has 14 heavy (non-hydrogen) atoms. The second kappa shape index (κ2) is 6.06. The maximum atomic E-state index is 8.92. The van der Waals surface area contributed by atoms with Crippen LogP contribution in [0.25, 0.3) is 0 Å². The van der Waals surface area contributed by atoms with Crippen molar-refractivity contribution in [2.24, 2.45) is 0 Å². The molecule has 1 aromatic rings. The number of alkyl halides is 1. The van der Waals surface area contributed by atoms with Crippen molar-refractivity contribution in [3.05, 3.63) is 23.0 Å². The van der Waals surface area contributed by atoms with Gasteiger partial charge in [0.15, 0.2) is 0 Å². The minimum absolute atomic E-state index is 0.149. The standard InChI is InChI=1S/C9H12Cl2N2O/c10-3-1-4-12-7-2-5-13-8(6-14)9(7)11/h2,5,14H,1,3-4,6H2,(H,12,13). The lowest BCUT2D eigenvalue weighted by Gasteiger charge is -2.08. The maximum absolute atomic E-state index is 8.92. The van der Waals surface area contributed by atoms with E-state index in [4.69, 9.17) is 28.3 Å². The van der Waals surface area contributed by atoms with Gasteiger partial charge in [-0.2, -0.15) is 0 Å². The fourth-order valence-electron chi connectivity index (χ4n) is 1.02. The van der Waals surface area contributed by atoms with Crippen molar-refractivity contribution in [2.45, 2.75) is 13.0 Å². The lowest BCUT2D eigenvalue weighted by Crippen LogP contribution is -2.04. The summed E-state index contributed by atoms with van der Waals surface area (Å²) in [5.41, 5.74) is 1.28. The summed E-state index contributed by atoms with van der Waals surface area (Å²) < 4.78 is 0. The van der Waals surface area contributed by atoms with Crippen molar-refractivity contribution in [3.63, 3.8) is 0 Å². The molecule has 3 nitrogen and oxygen atoms in total. The molecule has 0 bridgehead atoms. The molecule has 1 rings (SSSR count). The number of nitrogens with zero attached hydrogens (tertiary/aromatic N) is 1. The van der Waals surface area contributed by atoms with E-state index in [2.05, 4.69) is 10.3 Å². The summed E-state index contributed by atoms with van der Waals surface area (Å²) in [5, 5.41) is 12.5. The molecule has 2 N–H and O–H groups in total. The third kappa shape index (κ3) is 3.01. The molecule has 0 fully saturated rings. The molecule has 1 aromatic heterocycles. The van der Waals surface area contributed by atoms with Crippen molar-refractivity contribution < 1.29 is 5.11 Å². The van der Waals surface area contributed by atoms with Crippen LogP contribution in [-0.2, 0) is 6.61 Å². The Morgan fingerprint density at radius 1 is 1.50 bits per heavy atom. The van der Waals surface area contributed by atoms with Crippen LogP contribution in [-0.4, -0.2) is 22.5 Å². The van der Waals surface area contributed by atoms with E-state index in [1.54, 1.807) is 12.3 Å². The number of nitrogens with one attached hydrogen (secondary N) is 1. The number of hydrogen-bond acceptors (Lipinski definition) is 3. The number of hydrogen-bond donors (Lipinski definition) is 2. The van der Waals surface area contributed by atoms with E-state index in [1.807, 2.05) is 0 Å². The summed E-state index contributed by atoms with van der Waals surface area (Å²) in [6.07, 6.45) is 2.48. The van der Waals surface area contributed by atoms with Gasteiger partial charge in [-0.25, -0.2) is 0 Å². The van der Waals surface area contributed by atoms with Gasteiger partial charge in [-0.3, -0.25) is 4.98 Å². The highest BCUT2D eigenvalue weighted by Crippen LogP contribution is 2.23. The van der Waals surface area contributed by atoms with E-state index in [0.29, 0.717) is 16.6 Å². The first-order valence-corrected chi connectivity index (χ1v) is 5.25. The molecular formula is C9H12Cl2N2O. The Morgan fingerprint density at radius 3 is 2.93 bits per heavy atom. The first-order chi connectivity index (χ1) is 6.79. The monoisotopic (exact) mass is 234 g/mol. The largest absolute Gasteiger partial charge is 0.390 e. The number of aliphatic hydroxyl groups is 1. The van der Waals surface area contributed by atoms with Crippen LogP contribution in [0.4, 0.5) is 5.69 Å². The Labute approximate surface area is 93.1 Å². The first kappa shape index (κ1) is 11.6. The highest BCUT2D eigenvalue weighted by Gasteiger charge is 2.05. The molecule has 0 saturated carbocycles. The SMILES string of the molecule is OCc1nccc(NCCCCl)c1Cl. The second-order valence-corrected chi connectivity index (χ2v) is 3.50. The van der Waals surface area contributed by atoms with Crippen LogP contribution in [0.2, 0.25) is 5.02 Å². The third-order valence-corrected chi connectivity index (χ3v) is 2.43. The molecule has 0 aromatic carbocycles. The van der Waals surface area contributed by atoms with E-state index >= 15 is 0 Å². The smallest absolute Gasteiger partial charge is 0.0876 e. The van der Waals surface area contributed by atoms with Crippen LogP contribution in [0.3, 0.4) is 0 Å². The van der Waals surface area contributed by atoms with E-state index in [1.165, 1.54) is 0 Å². The van der Waals surface area contributed by atoms with Crippen LogP contribution in [0.15, 0.2) is 12.3 Å². The van der Waals surface area contributed by atoms with Crippen LogP contribution in [0.5, 0.6) is 0 Å². The van der Waals surface area contributed by atoms with Crippen molar-refractivity contribution in [1.82, 2.24) is 4.98 Å². The Kier molecular flexibility index (Phi) is 5.01. The zero-order chi connectivity index (χ0) is 10.4. The van der Waals surface area contributed by atoms with Gasteiger partial charge >= 0.3 is 0 Å². The molecule has 1 heterocycles. The Balaban J connectivity index is 2.66. The zero-order valence-corrected chi connectivity index (χ0v) is 9.15. The highest BCUT2D eigenvalue weighted by atomic mass is 35.5. The van der Waals surface area contributed by atoms with Crippen molar-refractivity contribution >= 4 is 28.9 Å². The number of pyridine rings is 1. The Bertz CT molecular complexity index is 294. The fourth-order valence-corrected chi connectivity index (χ4v) is 1.40. The molecule has 0 spiro atoms. The Hall–Kier alpha value is -0.510. The zero-order valence-electron chi connectivity index (χ0n) is 7.63. The molecule has 0 amide bonds. The van der Waals surface area contributed by atoms with Gasteiger partial charge < -0.3 is 10.4 Å². The van der Waals surface area contributed by atoms with E-state index < -0.39 is 0 Å².